The lowest BCUT2D eigenvalue weighted by atomic mass is 10.3. The van der Waals surface area contributed by atoms with Crippen LogP contribution in [0.2, 0.25) is 0 Å². The van der Waals surface area contributed by atoms with Crippen molar-refractivity contribution in [3.63, 3.8) is 0 Å². The zero-order chi connectivity index (χ0) is 9.52. The third kappa shape index (κ3) is 3.32. The molecule has 0 fully saturated rings. The van der Waals surface area contributed by atoms with E-state index < -0.39 is 0 Å². The van der Waals surface area contributed by atoms with Crippen molar-refractivity contribution >= 4 is 0 Å². The Bertz CT molecular complexity index is 255. The fraction of sp³-hybridized carbons (Fsp3) is 0.500. The Hall–Kier alpha value is -1.25. The number of hydrogen-bond donors (Lipinski definition) is 0. The number of nitrogens with zero attached hydrogens (tertiary/aromatic N) is 2. The fourth-order valence-corrected chi connectivity index (χ4v) is 1.02. The number of rotatable bonds is 6. The van der Waals surface area contributed by atoms with Gasteiger partial charge in [-0.25, -0.2) is 0 Å². The standard InChI is InChI=1S/C10H16N2O/c1-3-5-6-12-9-10(8-11-12)13-7-4-2/h4,8-9H,2-3,5-7H2,1H3. The molecular formula is C10H16N2O. The highest BCUT2D eigenvalue weighted by Gasteiger charge is 1.96. The summed E-state index contributed by atoms with van der Waals surface area (Å²) in [5, 5.41) is 4.16. The molecule has 0 amide bonds. The van der Waals surface area contributed by atoms with Gasteiger partial charge >= 0.3 is 0 Å². The lowest BCUT2D eigenvalue weighted by Crippen LogP contribution is -1.97. The zero-order valence-electron chi connectivity index (χ0n) is 8.07. The lowest BCUT2D eigenvalue weighted by Gasteiger charge is -1.98. The summed E-state index contributed by atoms with van der Waals surface area (Å²) >= 11 is 0. The van der Waals surface area contributed by atoms with Crippen molar-refractivity contribution in [2.24, 2.45) is 0 Å². The predicted octanol–water partition coefficient (Wildman–Crippen LogP) is 2.25. The van der Waals surface area contributed by atoms with Gasteiger partial charge in [-0.1, -0.05) is 26.0 Å². The van der Waals surface area contributed by atoms with Crippen LogP contribution in [-0.2, 0) is 6.54 Å². The van der Waals surface area contributed by atoms with Crippen molar-refractivity contribution < 1.29 is 4.74 Å². The molecule has 0 aliphatic heterocycles. The molecule has 0 aliphatic rings. The SMILES string of the molecule is C=CCOc1cnn(CCCC)c1. The second-order valence-corrected chi connectivity index (χ2v) is 2.89. The van der Waals surface area contributed by atoms with Crippen molar-refractivity contribution in [3.8, 4) is 5.75 Å². The summed E-state index contributed by atoms with van der Waals surface area (Å²) in [6.07, 6.45) is 7.72. The van der Waals surface area contributed by atoms with Gasteiger partial charge in [0.15, 0.2) is 5.75 Å². The Morgan fingerprint density at radius 2 is 2.54 bits per heavy atom. The topological polar surface area (TPSA) is 27.1 Å². The predicted molar refractivity (Wildman–Crippen MR) is 52.8 cm³/mol. The van der Waals surface area contributed by atoms with Gasteiger partial charge in [-0.2, -0.15) is 5.10 Å². The molecule has 0 N–H and O–H groups in total. The summed E-state index contributed by atoms with van der Waals surface area (Å²) in [6.45, 7) is 7.25. The number of aryl methyl sites for hydroxylation is 1. The van der Waals surface area contributed by atoms with Gasteiger partial charge < -0.3 is 4.74 Å². The quantitative estimate of drug-likeness (QED) is 0.628. The molecule has 72 valence electrons. The first-order valence-electron chi connectivity index (χ1n) is 4.63. The van der Waals surface area contributed by atoms with E-state index >= 15 is 0 Å². The summed E-state index contributed by atoms with van der Waals surface area (Å²) in [4.78, 5) is 0. The van der Waals surface area contributed by atoms with E-state index in [2.05, 4.69) is 18.6 Å². The molecule has 1 heterocycles. The van der Waals surface area contributed by atoms with Gasteiger partial charge in [-0.3, -0.25) is 4.68 Å². The first kappa shape index (κ1) is 9.84. The molecule has 0 unspecified atom stereocenters. The zero-order valence-corrected chi connectivity index (χ0v) is 8.07. The second-order valence-electron chi connectivity index (χ2n) is 2.89. The van der Waals surface area contributed by atoms with E-state index in [1.54, 1.807) is 12.3 Å². The summed E-state index contributed by atoms with van der Waals surface area (Å²) in [5.41, 5.74) is 0. The van der Waals surface area contributed by atoms with Gasteiger partial charge in [-0.15, -0.1) is 0 Å². The average Bonchev–Trinajstić information content (AvgIpc) is 2.59. The maximum atomic E-state index is 5.31. The van der Waals surface area contributed by atoms with E-state index in [9.17, 15) is 0 Å². The smallest absolute Gasteiger partial charge is 0.157 e. The molecular weight excluding hydrogens is 164 g/mol. The summed E-state index contributed by atoms with van der Waals surface area (Å²) < 4.78 is 7.22. The largest absolute Gasteiger partial charge is 0.486 e. The van der Waals surface area contributed by atoms with Crippen LogP contribution in [0.15, 0.2) is 25.0 Å². The van der Waals surface area contributed by atoms with Gasteiger partial charge in [-0.05, 0) is 6.42 Å². The third-order valence-corrected chi connectivity index (χ3v) is 1.72. The maximum absolute atomic E-state index is 5.31. The number of unbranched alkanes of at least 4 members (excludes halogenated alkanes) is 1. The molecule has 1 aromatic heterocycles. The van der Waals surface area contributed by atoms with E-state index in [-0.39, 0.29) is 0 Å². The molecule has 1 rings (SSSR count). The van der Waals surface area contributed by atoms with Crippen LogP contribution < -0.4 is 4.74 Å². The highest BCUT2D eigenvalue weighted by atomic mass is 16.5. The fourth-order valence-electron chi connectivity index (χ4n) is 1.02. The van der Waals surface area contributed by atoms with E-state index in [1.807, 2.05) is 10.9 Å². The van der Waals surface area contributed by atoms with Crippen LogP contribution in [0.25, 0.3) is 0 Å². The molecule has 1 aromatic rings. The van der Waals surface area contributed by atoms with E-state index in [0.717, 1.165) is 18.7 Å². The Balaban J connectivity index is 2.38. The second kappa shape index (κ2) is 5.41. The van der Waals surface area contributed by atoms with Crippen LogP contribution in [0.4, 0.5) is 0 Å². The number of hydrogen-bond acceptors (Lipinski definition) is 2. The van der Waals surface area contributed by atoms with Crippen molar-refractivity contribution in [1.29, 1.82) is 0 Å². The lowest BCUT2D eigenvalue weighted by molar-refractivity contribution is 0.362. The minimum Gasteiger partial charge on any atom is -0.486 e. The molecule has 3 heteroatoms. The normalized spacial score (nSPS) is 9.92. The molecule has 0 aromatic carbocycles. The van der Waals surface area contributed by atoms with Gasteiger partial charge in [0.05, 0.1) is 12.4 Å². The maximum Gasteiger partial charge on any atom is 0.157 e. The molecule has 0 bridgehead atoms. The summed E-state index contributed by atoms with van der Waals surface area (Å²) in [5.74, 6) is 0.816. The molecule has 0 radical (unpaired) electrons. The molecule has 0 aliphatic carbocycles. The van der Waals surface area contributed by atoms with Crippen molar-refractivity contribution in [1.82, 2.24) is 9.78 Å². The van der Waals surface area contributed by atoms with Gasteiger partial charge in [0.25, 0.3) is 0 Å². The van der Waals surface area contributed by atoms with Crippen molar-refractivity contribution in [2.75, 3.05) is 6.61 Å². The molecule has 3 nitrogen and oxygen atoms in total. The molecule has 0 atom stereocenters. The van der Waals surface area contributed by atoms with Crippen LogP contribution >= 0.6 is 0 Å². The van der Waals surface area contributed by atoms with Crippen molar-refractivity contribution in [3.05, 3.63) is 25.0 Å². The Morgan fingerprint density at radius 1 is 1.69 bits per heavy atom. The Morgan fingerprint density at radius 3 is 3.23 bits per heavy atom. The summed E-state index contributed by atoms with van der Waals surface area (Å²) in [6, 6.07) is 0. The average molecular weight is 180 g/mol. The van der Waals surface area contributed by atoms with Crippen LogP contribution in [0.3, 0.4) is 0 Å². The van der Waals surface area contributed by atoms with Crippen LogP contribution in [0.1, 0.15) is 19.8 Å². The minimum atomic E-state index is 0.541. The van der Waals surface area contributed by atoms with Gasteiger partial charge in [0.1, 0.15) is 6.61 Å². The highest BCUT2D eigenvalue weighted by Crippen LogP contribution is 2.08. The van der Waals surface area contributed by atoms with E-state index in [0.29, 0.717) is 6.61 Å². The summed E-state index contributed by atoms with van der Waals surface area (Å²) in [7, 11) is 0. The molecule has 0 saturated carbocycles. The van der Waals surface area contributed by atoms with Crippen LogP contribution in [0, 0.1) is 0 Å². The minimum absolute atomic E-state index is 0.541. The van der Waals surface area contributed by atoms with Gasteiger partial charge in [0, 0.05) is 6.54 Å². The van der Waals surface area contributed by atoms with Crippen molar-refractivity contribution in [2.45, 2.75) is 26.3 Å². The first-order chi connectivity index (χ1) is 6.36. The van der Waals surface area contributed by atoms with E-state index in [4.69, 9.17) is 4.74 Å². The Kier molecular flexibility index (Phi) is 4.09. The van der Waals surface area contributed by atoms with E-state index in [1.165, 1.54) is 6.42 Å². The number of aromatic nitrogens is 2. The Labute approximate surface area is 79.0 Å². The monoisotopic (exact) mass is 180 g/mol. The van der Waals surface area contributed by atoms with Gasteiger partial charge in [0.2, 0.25) is 0 Å². The third-order valence-electron chi connectivity index (χ3n) is 1.72. The van der Waals surface area contributed by atoms with Crippen LogP contribution in [0.5, 0.6) is 5.75 Å². The molecule has 13 heavy (non-hydrogen) atoms. The highest BCUT2D eigenvalue weighted by molar-refractivity contribution is 5.11. The molecule has 0 spiro atoms. The van der Waals surface area contributed by atoms with Crippen LogP contribution in [-0.4, -0.2) is 16.4 Å². The molecule has 0 saturated heterocycles. The number of ether oxygens (including phenoxy) is 1. The first-order valence-corrected chi connectivity index (χ1v) is 4.63.